The minimum atomic E-state index is -0.680. The molecule has 9 heteroatoms. The van der Waals surface area contributed by atoms with Gasteiger partial charge >= 0.3 is 29.6 Å². The van der Waals surface area contributed by atoms with Crippen molar-refractivity contribution in [3.63, 3.8) is 0 Å². The quantitative estimate of drug-likeness (QED) is 0.405. The fraction of sp³-hybridized carbons (Fsp3) is 0.111. The minimum absolute atomic E-state index is 0. The van der Waals surface area contributed by atoms with Crippen molar-refractivity contribution in [3.05, 3.63) is 71.4 Å². The van der Waals surface area contributed by atoms with Crippen LogP contribution in [0.4, 0.5) is 0 Å². The van der Waals surface area contributed by atoms with E-state index in [9.17, 15) is 9.90 Å². The third-order valence-corrected chi connectivity index (χ3v) is 3.56. The molecule has 1 N–H and O–H groups in total. The molecule has 3 aromatic rings. The molecule has 2 aromatic carbocycles. The van der Waals surface area contributed by atoms with E-state index in [4.69, 9.17) is 4.74 Å². The number of carbonyl (C=O) groups excluding carboxylic acids is 1. The first kappa shape index (κ1) is 20.6. The first-order chi connectivity index (χ1) is 12.7. The van der Waals surface area contributed by atoms with Gasteiger partial charge in [-0.3, -0.25) is 4.79 Å². The Hall–Kier alpha value is -2.68. The van der Waals surface area contributed by atoms with Crippen LogP contribution < -0.4 is 44.7 Å². The molecular weight excluding hydrogens is 357 g/mol. The number of aromatic nitrogens is 3. The molecule has 0 aliphatic rings. The molecule has 0 bridgehead atoms. The van der Waals surface area contributed by atoms with Gasteiger partial charge in [0, 0.05) is 12.4 Å². The monoisotopic (exact) mass is 373 g/mol. The third-order valence-electron chi connectivity index (χ3n) is 3.56. The molecule has 0 fully saturated rings. The number of rotatable bonds is 6. The van der Waals surface area contributed by atoms with Crippen LogP contribution >= 0.6 is 0 Å². The summed E-state index contributed by atoms with van der Waals surface area (Å²) in [5, 5.41) is 26.0. The van der Waals surface area contributed by atoms with Crippen LogP contribution in [-0.2, 0) is 6.54 Å². The molecule has 0 saturated heterocycles. The van der Waals surface area contributed by atoms with Gasteiger partial charge in [0.05, 0.1) is 13.3 Å². The van der Waals surface area contributed by atoms with Crippen LogP contribution in [-0.4, -0.2) is 34.3 Å². The molecule has 27 heavy (non-hydrogen) atoms. The molecule has 1 amide bonds. The van der Waals surface area contributed by atoms with Crippen LogP contribution in [0.25, 0.3) is 0 Å². The fourth-order valence-corrected chi connectivity index (χ4v) is 2.16. The molecule has 0 spiro atoms. The van der Waals surface area contributed by atoms with Gasteiger partial charge in [0.1, 0.15) is 5.75 Å². The van der Waals surface area contributed by atoms with Gasteiger partial charge < -0.3 is 15.2 Å². The van der Waals surface area contributed by atoms with Gasteiger partial charge in [0.2, 0.25) is 0 Å². The second kappa shape index (κ2) is 9.86. The smallest absolute Gasteiger partial charge is 0.856 e. The number of carbonyl (C=O) groups is 1. The normalized spacial score (nSPS) is 10.4. The maximum absolute atomic E-state index is 12.2. The second-order valence-corrected chi connectivity index (χ2v) is 5.32. The molecule has 132 valence electrons. The summed E-state index contributed by atoms with van der Waals surface area (Å²) in [6.07, 6.45) is 1.45. The zero-order valence-electron chi connectivity index (χ0n) is 15.0. The van der Waals surface area contributed by atoms with Crippen molar-refractivity contribution in [1.82, 2.24) is 20.4 Å². The van der Waals surface area contributed by atoms with Crippen molar-refractivity contribution in [2.75, 3.05) is 7.11 Å². The van der Waals surface area contributed by atoms with Gasteiger partial charge in [-0.05, 0) is 40.6 Å². The number of amides is 1. The van der Waals surface area contributed by atoms with Crippen molar-refractivity contribution in [3.8, 4) is 11.6 Å². The minimum Gasteiger partial charge on any atom is -0.856 e. The summed E-state index contributed by atoms with van der Waals surface area (Å²) >= 11 is 0. The SMILES string of the molecule is COc1ccc(C=Nn2nnc(C(=O)NCc3ccccc3)c2[O-])cc1.[Na+]. The van der Waals surface area contributed by atoms with E-state index in [1.807, 2.05) is 30.3 Å². The average molecular weight is 373 g/mol. The van der Waals surface area contributed by atoms with Crippen molar-refractivity contribution < 1.29 is 44.2 Å². The summed E-state index contributed by atoms with van der Waals surface area (Å²) in [7, 11) is 1.58. The van der Waals surface area contributed by atoms with Crippen molar-refractivity contribution in [2.24, 2.45) is 5.10 Å². The third kappa shape index (κ3) is 5.40. The summed E-state index contributed by atoms with van der Waals surface area (Å²) < 4.78 is 5.07. The van der Waals surface area contributed by atoms with E-state index in [0.29, 0.717) is 12.3 Å². The van der Waals surface area contributed by atoms with Crippen LogP contribution in [0.1, 0.15) is 21.6 Å². The van der Waals surface area contributed by atoms with E-state index in [-0.39, 0.29) is 35.3 Å². The largest absolute Gasteiger partial charge is 1.00 e. The molecular formula is C18H16N5NaO3. The zero-order valence-corrected chi connectivity index (χ0v) is 17.0. The molecule has 0 aliphatic carbocycles. The number of nitrogens with zero attached hydrogens (tertiary/aromatic N) is 4. The number of hydrogen-bond donors (Lipinski definition) is 1. The predicted octanol–water partition coefficient (Wildman–Crippen LogP) is -1.82. The molecule has 0 aliphatic heterocycles. The van der Waals surface area contributed by atoms with Crippen LogP contribution in [0.2, 0.25) is 0 Å². The topological polar surface area (TPSA) is 104 Å². The van der Waals surface area contributed by atoms with Crippen molar-refractivity contribution >= 4 is 12.1 Å². The van der Waals surface area contributed by atoms with Gasteiger partial charge in [-0.1, -0.05) is 30.3 Å². The van der Waals surface area contributed by atoms with E-state index >= 15 is 0 Å². The van der Waals surface area contributed by atoms with E-state index in [2.05, 4.69) is 20.7 Å². The predicted molar refractivity (Wildman–Crippen MR) is 93.1 cm³/mol. The summed E-state index contributed by atoms with van der Waals surface area (Å²) in [5.74, 6) is -0.560. The van der Waals surface area contributed by atoms with Gasteiger partial charge in [-0.2, -0.15) is 5.10 Å². The van der Waals surface area contributed by atoms with Gasteiger partial charge in [-0.25, -0.2) is 0 Å². The maximum atomic E-state index is 12.2. The number of benzene rings is 2. The molecule has 0 unspecified atom stereocenters. The maximum Gasteiger partial charge on any atom is 1.00 e. The molecule has 1 heterocycles. The molecule has 1 aromatic heterocycles. The number of nitrogens with one attached hydrogen (secondary N) is 1. The Morgan fingerprint density at radius 1 is 1.22 bits per heavy atom. The molecule has 0 radical (unpaired) electrons. The molecule has 8 nitrogen and oxygen atoms in total. The summed E-state index contributed by atoms with van der Waals surface area (Å²) in [4.78, 5) is 12.9. The Balaban J connectivity index is 0.00000261. The van der Waals surface area contributed by atoms with Gasteiger partial charge in [0.25, 0.3) is 5.91 Å². The Bertz CT molecular complexity index is 911. The van der Waals surface area contributed by atoms with E-state index in [1.54, 1.807) is 31.4 Å². The van der Waals surface area contributed by atoms with Crippen LogP contribution in [0, 0.1) is 0 Å². The second-order valence-electron chi connectivity index (χ2n) is 5.32. The average Bonchev–Trinajstić information content (AvgIpc) is 3.06. The zero-order chi connectivity index (χ0) is 18.4. The van der Waals surface area contributed by atoms with Crippen LogP contribution in [0.5, 0.6) is 11.6 Å². The fourth-order valence-electron chi connectivity index (χ4n) is 2.16. The molecule has 0 atom stereocenters. The Morgan fingerprint density at radius 3 is 2.59 bits per heavy atom. The number of hydrogen-bond acceptors (Lipinski definition) is 6. The Labute approximate surface area is 178 Å². The Kier molecular flexibility index (Phi) is 7.54. The standard InChI is InChI=1S/C18H17N5O3.Na/c1-26-15-9-7-14(8-10-15)12-20-23-18(25)16(21-22-23)17(24)19-11-13-5-3-2-4-6-13;/h2-10,12,25H,11H2,1H3,(H,19,24);/q;+1/p-1. The first-order valence-electron chi connectivity index (χ1n) is 7.80. The number of methoxy groups -OCH3 is 1. The molecule has 0 saturated carbocycles. The van der Waals surface area contributed by atoms with E-state index in [0.717, 1.165) is 15.9 Å². The first-order valence-corrected chi connectivity index (χ1v) is 7.80. The van der Waals surface area contributed by atoms with Gasteiger partial charge in [-0.15, -0.1) is 9.89 Å². The summed E-state index contributed by atoms with van der Waals surface area (Å²) in [6.45, 7) is 0.293. The van der Waals surface area contributed by atoms with Gasteiger partial charge in [0.15, 0.2) is 5.69 Å². The van der Waals surface area contributed by atoms with E-state index in [1.165, 1.54) is 6.21 Å². The number of ether oxygens (including phenoxy) is 1. The summed E-state index contributed by atoms with van der Waals surface area (Å²) in [5.41, 5.74) is 1.36. The van der Waals surface area contributed by atoms with E-state index < -0.39 is 11.8 Å². The van der Waals surface area contributed by atoms with Crippen LogP contribution in [0.3, 0.4) is 0 Å². The van der Waals surface area contributed by atoms with Crippen molar-refractivity contribution in [2.45, 2.75) is 6.54 Å². The van der Waals surface area contributed by atoms with Crippen molar-refractivity contribution in [1.29, 1.82) is 0 Å². The Morgan fingerprint density at radius 2 is 1.93 bits per heavy atom. The summed E-state index contributed by atoms with van der Waals surface area (Å²) in [6, 6.07) is 16.4. The van der Waals surface area contributed by atoms with Crippen LogP contribution in [0.15, 0.2) is 59.7 Å². The molecule has 3 rings (SSSR count).